The van der Waals surface area contributed by atoms with Gasteiger partial charge in [-0.3, -0.25) is 0 Å². The predicted molar refractivity (Wildman–Crippen MR) is 89.2 cm³/mol. The van der Waals surface area contributed by atoms with Gasteiger partial charge in [0.25, 0.3) is 0 Å². The van der Waals surface area contributed by atoms with E-state index >= 15 is 0 Å². The van der Waals surface area contributed by atoms with E-state index in [9.17, 15) is 12.8 Å². The maximum Gasteiger partial charge on any atom is 0.246 e. The number of nitrogens with zero attached hydrogens (tertiary/aromatic N) is 1. The van der Waals surface area contributed by atoms with Crippen molar-refractivity contribution in [3.05, 3.63) is 43.2 Å². The average Bonchev–Trinajstić information content (AvgIpc) is 2.79. The largest absolute Gasteiger partial charge is 0.399 e. The number of hydrogen-bond acceptors (Lipinski definition) is 4. The zero-order valence-electron chi connectivity index (χ0n) is 10.8. The third kappa shape index (κ3) is 3.65. The molecule has 1 aromatic carbocycles. The van der Waals surface area contributed by atoms with Crippen molar-refractivity contribution in [2.75, 3.05) is 12.8 Å². The highest BCUT2D eigenvalue weighted by atomic mass is 79.9. The molecule has 0 fully saturated rings. The summed E-state index contributed by atoms with van der Waals surface area (Å²) in [5, 5.41) is 1.84. The molecule has 0 aliphatic carbocycles. The summed E-state index contributed by atoms with van der Waals surface area (Å²) in [6.07, 6.45) is 0. The summed E-state index contributed by atoms with van der Waals surface area (Å²) < 4.78 is 41.0. The van der Waals surface area contributed by atoms with Crippen molar-refractivity contribution in [3.63, 3.8) is 0 Å². The Morgan fingerprint density at radius 3 is 2.57 bits per heavy atom. The van der Waals surface area contributed by atoms with E-state index in [2.05, 4.69) is 31.9 Å². The molecule has 114 valence electrons. The van der Waals surface area contributed by atoms with Crippen molar-refractivity contribution in [1.29, 1.82) is 0 Å². The number of thiophene rings is 1. The molecule has 0 saturated heterocycles. The number of hydrogen-bond donors (Lipinski definition) is 1. The van der Waals surface area contributed by atoms with Gasteiger partial charge in [0.15, 0.2) is 5.82 Å². The molecule has 21 heavy (non-hydrogen) atoms. The van der Waals surface area contributed by atoms with Crippen LogP contribution in [0.2, 0.25) is 0 Å². The number of benzene rings is 1. The van der Waals surface area contributed by atoms with Crippen LogP contribution in [-0.2, 0) is 16.6 Å². The summed E-state index contributed by atoms with van der Waals surface area (Å²) in [5.41, 5.74) is 6.59. The van der Waals surface area contributed by atoms with E-state index in [1.165, 1.54) is 24.5 Å². The monoisotopic (exact) mass is 456 g/mol. The second-order valence-corrected chi connectivity index (χ2v) is 9.49. The number of nitrogen functional groups attached to an aromatic ring is 1. The molecule has 0 bridgehead atoms. The van der Waals surface area contributed by atoms with Crippen molar-refractivity contribution in [2.24, 2.45) is 0 Å². The van der Waals surface area contributed by atoms with Gasteiger partial charge in [0.1, 0.15) is 4.90 Å². The molecule has 0 atom stereocenters. The molecule has 2 N–H and O–H groups in total. The maximum absolute atomic E-state index is 14.1. The first-order valence-electron chi connectivity index (χ1n) is 5.65. The fraction of sp³-hybridized carbons (Fsp3) is 0.167. The maximum atomic E-state index is 14.1. The summed E-state index contributed by atoms with van der Waals surface area (Å²) in [5.74, 6) is -0.845. The fourth-order valence-electron chi connectivity index (χ4n) is 1.71. The SMILES string of the molecule is CN(Cc1csc(Br)c1)S(=O)(=O)c1cc(N)cc(Br)c1F. The van der Waals surface area contributed by atoms with Crippen LogP contribution in [0.1, 0.15) is 5.56 Å². The lowest BCUT2D eigenvalue weighted by molar-refractivity contribution is 0.460. The molecule has 0 amide bonds. The molecule has 0 spiro atoms. The van der Waals surface area contributed by atoms with Crippen LogP contribution in [0.15, 0.2) is 36.7 Å². The Labute approximate surface area is 143 Å². The molecule has 2 rings (SSSR count). The van der Waals surface area contributed by atoms with Gasteiger partial charge in [-0.05, 0) is 61.0 Å². The lowest BCUT2D eigenvalue weighted by atomic mass is 10.3. The van der Waals surface area contributed by atoms with Gasteiger partial charge in [-0.1, -0.05) is 0 Å². The lowest BCUT2D eigenvalue weighted by Gasteiger charge is -2.17. The standard InChI is InChI=1S/C12H11Br2FN2O2S2/c1-17(5-7-2-11(14)20-6-7)21(18,19)10-4-8(16)3-9(13)12(10)15/h2-4,6H,5,16H2,1H3. The van der Waals surface area contributed by atoms with Crippen molar-refractivity contribution < 1.29 is 12.8 Å². The van der Waals surface area contributed by atoms with E-state index in [1.807, 2.05) is 11.4 Å². The third-order valence-corrected chi connectivity index (χ3v) is 6.67. The summed E-state index contributed by atoms with van der Waals surface area (Å²) in [6, 6.07) is 4.27. The first-order chi connectivity index (χ1) is 9.71. The molecule has 2 aromatic rings. The first-order valence-corrected chi connectivity index (χ1v) is 9.56. The van der Waals surface area contributed by atoms with E-state index in [1.54, 1.807) is 0 Å². The second kappa shape index (κ2) is 6.33. The molecule has 0 saturated carbocycles. The minimum absolute atomic E-state index is 0.0211. The van der Waals surface area contributed by atoms with Gasteiger partial charge < -0.3 is 5.73 Å². The van der Waals surface area contributed by atoms with Gasteiger partial charge in [0.05, 0.1) is 8.26 Å². The molecule has 1 aromatic heterocycles. The van der Waals surface area contributed by atoms with Gasteiger partial charge in [0.2, 0.25) is 10.0 Å². The van der Waals surface area contributed by atoms with Gasteiger partial charge in [0, 0.05) is 19.3 Å². The van der Waals surface area contributed by atoms with Crippen molar-refractivity contribution in [2.45, 2.75) is 11.4 Å². The fourth-order valence-corrected chi connectivity index (χ4v) is 4.80. The number of halogens is 3. The minimum Gasteiger partial charge on any atom is -0.399 e. The van der Waals surface area contributed by atoms with Crippen LogP contribution in [0.25, 0.3) is 0 Å². The lowest BCUT2D eigenvalue weighted by Crippen LogP contribution is -2.27. The summed E-state index contributed by atoms with van der Waals surface area (Å²) in [7, 11) is -2.57. The van der Waals surface area contributed by atoms with Crippen LogP contribution in [0.3, 0.4) is 0 Å². The summed E-state index contributed by atoms with van der Waals surface area (Å²) in [4.78, 5) is -0.439. The zero-order valence-corrected chi connectivity index (χ0v) is 15.6. The Balaban J connectivity index is 2.37. The smallest absolute Gasteiger partial charge is 0.246 e. The summed E-state index contributed by atoms with van der Waals surface area (Å²) in [6.45, 7) is 0.149. The van der Waals surface area contributed by atoms with Crippen LogP contribution < -0.4 is 5.73 Å². The Morgan fingerprint density at radius 1 is 1.33 bits per heavy atom. The van der Waals surface area contributed by atoms with Gasteiger partial charge in [-0.2, -0.15) is 4.31 Å². The highest BCUT2D eigenvalue weighted by Crippen LogP contribution is 2.29. The molecular weight excluding hydrogens is 447 g/mol. The molecule has 0 unspecified atom stereocenters. The Hall–Kier alpha value is -0.480. The molecule has 1 heterocycles. The molecule has 0 radical (unpaired) electrons. The number of rotatable bonds is 4. The van der Waals surface area contributed by atoms with Crippen molar-refractivity contribution in [3.8, 4) is 0 Å². The molecular formula is C12H11Br2FN2O2S2. The summed E-state index contributed by atoms with van der Waals surface area (Å²) >= 11 is 7.74. The Kier molecular flexibility index (Phi) is 5.09. The number of sulfonamides is 1. The third-order valence-electron chi connectivity index (χ3n) is 2.73. The van der Waals surface area contributed by atoms with E-state index in [0.29, 0.717) is 0 Å². The van der Waals surface area contributed by atoms with Crippen molar-refractivity contribution >= 4 is 58.9 Å². The Bertz CT molecular complexity index is 778. The molecule has 0 aliphatic rings. The topological polar surface area (TPSA) is 63.4 Å². The van der Waals surface area contributed by atoms with Crippen LogP contribution in [0.4, 0.5) is 10.1 Å². The van der Waals surface area contributed by atoms with E-state index < -0.39 is 20.7 Å². The number of anilines is 1. The second-order valence-electron chi connectivity index (χ2n) is 4.33. The predicted octanol–water partition coefficient (Wildman–Crippen LogP) is 3.82. The molecule has 4 nitrogen and oxygen atoms in total. The van der Waals surface area contributed by atoms with Gasteiger partial charge >= 0.3 is 0 Å². The zero-order chi connectivity index (χ0) is 15.8. The highest BCUT2D eigenvalue weighted by molar-refractivity contribution is 9.11. The van der Waals surface area contributed by atoms with Gasteiger partial charge in [-0.25, -0.2) is 12.8 Å². The highest BCUT2D eigenvalue weighted by Gasteiger charge is 2.26. The van der Waals surface area contributed by atoms with Crippen LogP contribution in [0.5, 0.6) is 0 Å². The Morgan fingerprint density at radius 2 is 2.00 bits per heavy atom. The van der Waals surface area contributed by atoms with Gasteiger partial charge in [-0.15, -0.1) is 11.3 Å². The molecule has 0 aliphatic heterocycles. The normalized spacial score (nSPS) is 12.0. The average molecular weight is 458 g/mol. The van der Waals surface area contributed by atoms with Crippen LogP contribution >= 0.6 is 43.2 Å². The minimum atomic E-state index is -3.97. The number of nitrogens with two attached hydrogens (primary N) is 1. The van der Waals surface area contributed by atoms with E-state index in [0.717, 1.165) is 19.7 Å². The van der Waals surface area contributed by atoms with E-state index in [-0.39, 0.29) is 16.7 Å². The van der Waals surface area contributed by atoms with Crippen molar-refractivity contribution in [1.82, 2.24) is 4.31 Å². The van der Waals surface area contributed by atoms with Crippen LogP contribution in [0, 0.1) is 5.82 Å². The molecule has 9 heteroatoms. The van der Waals surface area contributed by atoms with Crippen LogP contribution in [-0.4, -0.2) is 19.8 Å². The quantitative estimate of drug-likeness (QED) is 0.710. The first kappa shape index (κ1) is 16.9. The van der Waals surface area contributed by atoms with E-state index in [4.69, 9.17) is 5.73 Å².